The van der Waals surface area contributed by atoms with E-state index in [0.29, 0.717) is 27.8 Å². The smallest absolute Gasteiger partial charge is 0.265 e. The highest BCUT2D eigenvalue weighted by atomic mass is 35.5. The summed E-state index contributed by atoms with van der Waals surface area (Å²) in [6.07, 6.45) is 3.74. The lowest BCUT2D eigenvalue weighted by molar-refractivity contribution is -0.0912. The SMILES string of the molecule is C\C=C(Cl)/C=N\C(NCC1C(C)CC(F)(F)CN1C(=O)c1cc(C)ccc1-c1nn(C)[nH]1)=C(\C)CC. The molecule has 2 atom stereocenters. The molecule has 1 saturated heterocycles. The lowest BCUT2D eigenvalue weighted by Crippen LogP contribution is -2.58. The number of nitrogens with zero attached hydrogens (tertiary/aromatic N) is 4. The summed E-state index contributed by atoms with van der Waals surface area (Å²) >= 11 is 6.08. The molecule has 10 heteroatoms. The molecule has 2 unspecified atom stereocenters. The van der Waals surface area contributed by atoms with E-state index in [1.165, 1.54) is 9.70 Å². The second-order valence-electron chi connectivity index (χ2n) is 9.47. The van der Waals surface area contributed by atoms with Crippen molar-refractivity contribution in [2.45, 2.75) is 59.4 Å². The maximum absolute atomic E-state index is 14.7. The first-order valence-electron chi connectivity index (χ1n) is 12.1. The van der Waals surface area contributed by atoms with E-state index in [2.05, 4.69) is 20.5 Å². The highest BCUT2D eigenvalue weighted by molar-refractivity contribution is 6.39. The molecule has 0 bridgehead atoms. The summed E-state index contributed by atoms with van der Waals surface area (Å²) in [5, 5.41) is 11.1. The number of aryl methyl sites for hydroxylation is 2. The number of halogens is 3. The Morgan fingerprint density at radius 2 is 2.11 bits per heavy atom. The van der Waals surface area contributed by atoms with E-state index < -0.39 is 30.3 Å². The van der Waals surface area contributed by atoms with Gasteiger partial charge in [-0.05, 0) is 44.7 Å². The van der Waals surface area contributed by atoms with Crippen LogP contribution in [0.5, 0.6) is 0 Å². The van der Waals surface area contributed by atoms with Crippen molar-refractivity contribution in [3.8, 4) is 11.4 Å². The summed E-state index contributed by atoms with van der Waals surface area (Å²) in [7, 11) is 1.74. The van der Waals surface area contributed by atoms with Gasteiger partial charge < -0.3 is 10.2 Å². The number of likely N-dealkylation sites (tertiary alicyclic amines) is 1. The van der Waals surface area contributed by atoms with E-state index in [4.69, 9.17) is 11.6 Å². The normalized spacial score (nSPS) is 21.1. The number of aromatic nitrogens is 3. The van der Waals surface area contributed by atoms with Crippen LogP contribution in [0.2, 0.25) is 0 Å². The van der Waals surface area contributed by atoms with Crippen LogP contribution in [0.1, 0.15) is 56.5 Å². The first kappa shape index (κ1) is 27.6. The molecule has 0 radical (unpaired) electrons. The van der Waals surface area contributed by atoms with Gasteiger partial charge in [0.05, 0.1) is 23.2 Å². The highest BCUT2D eigenvalue weighted by Gasteiger charge is 2.46. The standard InChI is InChI=1S/C26H35ClF2N6O/c1-7-17(4)23(30-13-19(27)8-2)31-14-22-18(5)12-26(28,29)15-35(22)25(36)21-11-16(3)9-10-20(21)24-32-34(6)33-24/h8-11,13,18,22,31H,7,12,14-15H2,1-6H3,(H,32,33)/b19-8+,23-17+,30-13-. The van der Waals surface area contributed by atoms with Crippen LogP contribution in [-0.2, 0) is 7.05 Å². The molecule has 1 aromatic carbocycles. The predicted molar refractivity (Wildman–Crippen MR) is 140 cm³/mol. The van der Waals surface area contributed by atoms with E-state index in [-0.39, 0.29) is 13.0 Å². The van der Waals surface area contributed by atoms with Crippen molar-refractivity contribution in [3.63, 3.8) is 0 Å². The molecular weight excluding hydrogens is 486 g/mol. The second kappa shape index (κ2) is 11.4. The lowest BCUT2D eigenvalue weighted by Gasteiger charge is -2.44. The minimum absolute atomic E-state index is 0.281. The number of aromatic amines is 1. The summed E-state index contributed by atoms with van der Waals surface area (Å²) in [5.74, 6) is -2.69. The summed E-state index contributed by atoms with van der Waals surface area (Å²) in [4.78, 5) is 21.1. The number of nitrogens with one attached hydrogen (secondary N) is 2. The van der Waals surface area contributed by atoms with Crippen LogP contribution in [0, 0.1) is 12.8 Å². The first-order chi connectivity index (χ1) is 17.0. The summed E-state index contributed by atoms with van der Waals surface area (Å²) < 4.78 is 29.5. The molecular formula is C26H35ClF2N6O. The van der Waals surface area contributed by atoms with E-state index in [9.17, 15) is 13.6 Å². The average Bonchev–Trinajstić information content (AvgIpc) is 2.81. The Morgan fingerprint density at radius 3 is 2.72 bits per heavy atom. The zero-order valence-electron chi connectivity index (χ0n) is 21.7. The number of allylic oxidation sites excluding steroid dienone is 3. The average molecular weight is 521 g/mol. The van der Waals surface area contributed by atoms with Gasteiger partial charge in [0, 0.05) is 31.8 Å². The van der Waals surface area contributed by atoms with Gasteiger partial charge in [0.15, 0.2) is 5.82 Å². The Morgan fingerprint density at radius 1 is 1.42 bits per heavy atom. The second-order valence-corrected chi connectivity index (χ2v) is 9.90. The van der Waals surface area contributed by atoms with Gasteiger partial charge in [0.25, 0.3) is 11.8 Å². The van der Waals surface area contributed by atoms with E-state index in [1.54, 1.807) is 38.4 Å². The van der Waals surface area contributed by atoms with Gasteiger partial charge in [0.2, 0.25) is 0 Å². The number of hydrogen-bond acceptors (Lipinski definition) is 4. The van der Waals surface area contributed by atoms with Gasteiger partial charge in [0.1, 0.15) is 5.82 Å². The first-order valence-corrected chi connectivity index (χ1v) is 12.5. The van der Waals surface area contributed by atoms with E-state index in [0.717, 1.165) is 17.6 Å². The number of alkyl halides is 2. The molecule has 1 aliphatic heterocycles. The predicted octanol–water partition coefficient (Wildman–Crippen LogP) is 5.65. The van der Waals surface area contributed by atoms with Crippen LogP contribution in [0.3, 0.4) is 0 Å². The van der Waals surface area contributed by atoms with Crippen LogP contribution >= 0.6 is 11.6 Å². The molecule has 36 heavy (non-hydrogen) atoms. The van der Waals surface area contributed by atoms with E-state index >= 15 is 0 Å². The highest BCUT2D eigenvalue weighted by Crippen LogP contribution is 2.36. The van der Waals surface area contributed by atoms with Crippen LogP contribution in [-0.4, -0.2) is 57.1 Å². The molecule has 0 saturated carbocycles. The molecule has 1 amide bonds. The zero-order chi connectivity index (χ0) is 26.6. The van der Waals surface area contributed by atoms with Crippen LogP contribution in [0.15, 0.2) is 45.7 Å². The van der Waals surface area contributed by atoms with Crippen molar-refractivity contribution in [1.29, 1.82) is 0 Å². The molecule has 1 fully saturated rings. The number of H-pyrrole nitrogens is 1. The summed E-state index contributed by atoms with van der Waals surface area (Å²) in [5.41, 5.74) is 2.80. The molecule has 1 aliphatic rings. The van der Waals surface area contributed by atoms with Gasteiger partial charge in [-0.2, -0.15) is 0 Å². The van der Waals surface area contributed by atoms with Gasteiger partial charge in [-0.15, -0.1) is 5.10 Å². The van der Waals surface area contributed by atoms with Crippen molar-refractivity contribution in [1.82, 2.24) is 25.2 Å². The quantitative estimate of drug-likeness (QED) is 0.441. The summed E-state index contributed by atoms with van der Waals surface area (Å²) in [6.45, 7) is 9.05. The largest absolute Gasteiger partial charge is 0.368 e. The molecule has 2 N–H and O–H groups in total. The fourth-order valence-corrected chi connectivity index (χ4v) is 4.42. The Hall–Kier alpha value is -2.94. The molecule has 7 nitrogen and oxygen atoms in total. The number of amides is 1. The van der Waals surface area contributed by atoms with Gasteiger partial charge in [-0.25, -0.2) is 18.6 Å². The molecule has 0 aliphatic carbocycles. The number of rotatable bonds is 8. The minimum atomic E-state index is -2.97. The third-order valence-corrected chi connectivity index (χ3v) is 6.84. The zero-order valence-corrected chi connectivity index (χ0v) is 22.5. The van der Waals surface area contributed by atoms with Crippen molar-refractivity contribution in [3.05, 3.63) is 51.8 Å². The molecule has 1 aromatic heterocycles. The number of carbonyl (C=O) groups excluding carboxylic acids is 1. The van der Waals surface area contributed by atoms with Gasteiger partial charge >= 0.3 is 0 Å². The van der Waals surface area contributed by atoms with Crippen molar-refractivity contribution >= 4 is 23.7 Å². The van der Waals surface area contributed by atoms with E-state index in [1.807, 2.05) is 33.8 Å². The Bertz CT molecular complexity index is 1170. The van der Waals surface area contributed by atoms with Crippen molar-refractivity contribution < 1.29 is 13.6 Å². The Kier molecular flexibility index (Phi) is 8.76. The number of benzene rings is 1. The molecule has 0 spiro atoms. The van der Waals surface area contributed by atoms with Crippen LogP contribution in [0.25, 0.3) is 11.4 Å². The monoisotopic (exact) mass is 520 g/mol. The maximum atomic E-state index is 14.7. The summed E-state index contributed by atoms with van der Waals surface area (Å²) in [6, 6.07) is 4.94. The van der Waals surface area contributed by atoms with Gasteiger partial charge in [-0.1, -0.05) is 49.2 Å². The number of aliphatic imine (C=N–C) groups is 1. The number of piperidine rings is 1. The van der Waals surface area contributed by atoms with Crippen LogP contribution in [0.4, 0.5) is 8.78 Å². The topological polar surface area (TPSA) is 78.3 Å². The van der Waals surface area contributed by atoms with Crippen molar-refractivity contribution in [2.24, 2.45) is 18.0 Å². The third-order valence-electron chi connectivity index (χ3n) is 6.52. The number of hydrogen-bond donors (Lipinski definition) is 2. The van der Waals surface area contributed by atoms with Crippen LogP contribution < -0.4 is 5.32 Å². The number of carbonyl (C=O) groups is 1. The molecule has 3 rings (SSSR count). The minimum Gasteiger partial charge on any atom is -0.368 e. The Labute approximate surface area is 216 Å². The lowest BCUT2D eigenvalue weighted by atomic mass is 9.87. The molecule has 196 valence electrons. The molecule has 2 heterocycles. The van der Waals surface area contributed by atoms with Crippen molar-refractivity contribution in [2.75, 3.05) is 13.1 Å². The maximum Gasteiger partial charge on any atom is 0.265 e. The fraction of sp³-hybridized carbons (Fsp3) is 0.500. The Balaban J connectivity index is 1.94. The fourth-order valence-electron chi connectivity index (χ4n) is 4.37. The molecule has 2 aromatic rings. The third kappa shape index (κ3) is 6.43. The van der Waals surface area contributed by atoms with Gasteiger partial charge in [-0.3, -0.25) is 9.89 Å².